The average molecular weight is 187 g/mol. The summed E-state index contributed by atoms with van der Waals surface area (Å²) in [6.07, 6.45) is 0. The molecule has 0 bridgehead atoms. The van der Waals surface area contributed by atoms with Crippen LogP contribution in [0.4, 0.5) is 0 Å². The molecule has 72 valence electrons. The van der Waals surface area contributed by atoms with Crippen LogP contribution in [-0.4, -0.2) is 29.8 Å². The topological polar surface area (TPSA) is 86.5 Å². The van der Waals surface area contributed by atoms with Crippen molar-refractivity contribution < 1.29 is 19.2 Å². The number of esters is 1. The standard InChI is InChI=1S/C7H9NO5/c1-4(9)6-5(2-8(11)12)3-13-7(6)10/h5-6H,2-3H2,1H3/t5-,6+/m1/s1. The molecule has 0 saturated carbocycles. The van der Waals surface area contributed by atoms with Gasteiger partial charge in [-0.05, 0) is 6.92 Å². The van der Waals surface area contributed by atoms with Gasteiger partial charge in [-0.25, -0.2) is 0 Å². The number of nitrogens with zero attached hydrogens (tertiary/aromatic N) is 1. The van der Waals surface area contributed by atoms with Crippen LogP contribution >= 0.6 is 0 Å². The van der Waals surface area contributed by atoms with E-state index in [1.807, 2.05) is 0 Å². The lowest BCUT2D eigenvalue weighted by Crippen LogP contribution is -2.28. The monoisotopic (exact) mass is 187 g/mol. The molecule has 0 aromatic rings. The second-order valence-electron chi connectivity index (χ2n) is 2.99. The van der Waals surface area contributed by atoms with Gasteiger partial charge in [0.05, 0.1) is 5.92 Å². The lowest BCUT2D eigenvalue weighted by molar-refractivity contribution is -0.488. The Bertz CT molecular complexity index is 262. The third kappa shape index (κ3) is 2.01. The highest BCUT2D eigenvalue weighted by molar-refractivity contribution is 5.99. The Balaban J connectivity index is 2.69. The fraction of sp³-hybridized carbons (Fsp3) is 0.714. The molecule has 0 amide bonds. The summed E-state index contributed by atoms with van der Waals surface area (Å²) in [7, 11) is 0. The van der Waals surface area contributed by atoms with E-state index in [2.05, 4.69) is 4.74 Å². The number of rotatable bonds is 3. The lowest BCUT2D eigenvalue weighted by Gasteiger charge is -2.06. The summed E-state index contributed by atoms with van der Waals surface area (Å²) in [6, 6.07) is 0. The van der Waals surface area contributed by atoms with Gasteiger partial charge in [0.1, 0.15) is 18.3 Å². The molecule has 0 radical (unpaired) electrons. The van der Waals surface area contributed by atoms with Crippen LogP contribution in [0.15, 0.2) is 0 Å². The van der Waals surface area contributed by atoms with E-state index in [0.29, 0.717) is 0 Å². The fourth-order valence-corrected chi connectivity index (χ4v) is 1.42. The summed E-state index contributed by atoms with van der Waals surface area (Å²) in [5.41, 5.74) is 0. The van der Waals surface area contributed by atoms with E-state index in [9.17, 15) is 19.7 Å². The van der Waals surface area contributed by atoms with Crippen molar-refractivity contribution in [1.29, 1.82) is 0 Å². The van der Waals surface area contributed by atoms with Gasteiger partial charge in [-0.15, -0.1) is 0 Å². The zero-order chi connectivity index (χ0) is 10.0. The highest BCUT2D eigenvalue weighted by Crippen LogP contribution is 2.22. The minimum Gasteiger partial charge on any atom is -0.465 e. The number of Topliss-reactive ketones (excluding diaryl/α,β-unsaturated/α-hetero) is 1. The molecule has 1 aliphatic rings. The zero-order valence-electron chi connectivity index (χ0n) is 7.06. The molecule has 1 aliphatic heterocycles. The van der Waals surface area contributed by atoms with Crippen molar-refractivity contribution in [3.05, 3.63) is 10.1 Å². The van der Waals surface area contributed by atoms with Gasteiger partial charge in [-0.1, -0.05) is 0 Å². The molecule has 13 heavy (non-hydrogen) atoms. The van der Waals surface area contributed by atoms with E-state index in [0.717, 1.165) is 0 Å². The molecule has 0 aromatic carbocycles. The number of ketones is 1. The minimum atomic E-state index is -0.939. The van der Waals surface area contributed by atoms with E-state index < -0.39 is 29.3 Å². The first-order valence-electron chi connectivity index (χ1n) is 3.81. The average Bonchev–Trinajstić information content (AvgIpc) is 2.30. The predicted molar refractivity (Wildman–Crippen MR) is 40.5 cm³/mol. The molecule has 2 atom stereocenters. The number of nitro groups is 1. The van der Waals surface area contributed by atoms with Crippen molar-refractivity contribution in [2.75, 3.05) is 13.2 Å². The van der Waals surface area contributed by atoms with Crippen molar-refractivity contribution in [1.82, 2.24) is 0 Å². The molecule has 0 aliphatic carbocycles. The first-order chi connectivity index (χ1) is 6.02. The molecule has 1 saturated heterocycles. The number of cyclic esters (lactones) is 1. The number of hydrogen-bond acceptors (Lipinski definition) is 5. The van der Waals surface area contributed by atoms with E-state index >= 15 is 0 Å². The fourth-order valence-electron chi connectivity index (χ4n) is 1.42. The summed E-state index contributed by atoms with van der Waals surface area (Å²) in [6.45, 7) is 0.824. The second-order valence-corrected chi connectivity index (χ2v) is 2.99. The molecule has 6 heteroatoms. The van der Waals surface area contributed by atoms with Gasteiger partial charge in [-0.3, -0.25) is 19.7 Å². The summed E-state index contributed by atoms with van der Waals surface area (Å²) >= 11 is 0. The second kappa shape index (κ2) is 3.51. The van der Waals surface area contributed by atoms with E-state index in [4.69, 9.17) is 0 Å². The number of carbonyl (C=O) groups is 2. The van der Waals surface area contributed by atoms with Gasteiger partial charge < -0.3 is 4.74 Å². The molecule has 0 aromatic heterocycles. The van der Waals surface area contributed by atoms with Crippen LogP contribution in [-0.2, 0) is 14.3 Å². The highest BCUT2D eigenvalue weighted by Gasteiger charge is 2.42. The number of hydrogen-bond donors (Lipinski definition) is 0. The van der Waals surface area contributed by atoms with Crippen LogP contribution in [0.25, 0.3) is 0 Å². The molecule has 1 fully saturated rings. The van der Waals surface area contributed by atoms with Gasteiger partial charge >= 0.3 is 5.97 Å². The zero-order valence-corrected chi connectivity index (χ0v) is 7.06. The van der Waals surface area contributed by atoms with Crippen molar-refractivity contribution in [3.63, 3.8) is 0 Å². The maximum Gasteiger partial charge on any atom is 0.317 e. The lowest BCUT2D eigenvalue weighted by atomic mass is 9.92. The third-order valence-electron chi connectivity index (χ3n) is 1.99. The predicted octanol–water partition coefficient (Wildman–Crippen LogP) is -0.359. The van der Waals surface area contributed by atoms with Gasteiger partial charge in [0.2, 0.25) is 6.54 Å². The Labute approximate surface area is 74.0 Å². The molecule has 0 unspecified atom stereocenters. The van der Waals surface area contributed by atoms with Crippen LogP contribution in [0.1, 0.15) is 6.92 Å². The smallest absolute Gasteiger partial charge is 0.317 e. The van der Waals surface area contributed by atoms with Crippen LogP contribution in [0.5, 0.6) is 0 Å². The SMILES string of the molecule is CC(=O)[C@@H]1C(=O)OC[C@H]1C[N+](=O)[O-]. The van der Waals surface area contributed by atoms with Gasteiger partial charge in [0.15, 0.2) is 0 Å². The highest BCUT2D eigenvalue weighted by atomic mass is 16.6. The van der Waals surface area contributed by atoms with Crippen molar-refractivity contribution in [2.45, 2.75) is 6.92 Å². The molecule has 0 N–H and O–H groups in total. The number of carbonyl (C=O) groups excluding carboxylic acids is 2. The van der Waals surface area contributed by atoms with Gasteiger partial charge in [0, 0.05) is 4.92 Å². The third-order valence-corrected chi connectivity index (χ3v) is 1.99. The number of ether oxygens (including phenoxy) is 1. The Hall–Kier alpha value is -1.46. The summed E-state index contributed by atoms with van der Waals surface area (Å²) in [5.74, 6) is -2.54. The molecule has 1 rings (SSSR count). The molecule has 0 spiro atoms. The van der Waals surface area contributed by atoms with E-state index in [-0.39, 0.29) is 12.4 Å². The van der Waals surface area contributed by atoms with Gasteiger partial charge in [0.25, 0.3) is 0 Å². The molecule has 6 nitrogen and oxygen atoms in total. The van der Waals surface area contributed by atoms with Crippen molar-refractivity contribution in [2.24, 2.45) is 11.8 Å². The van der Waals surface area contributed by atoms with E-state index in [1.54, 1.807) is 0 Å². The Kier molecular flexibility index (Phi) is 2.60. The van der Waals surface area contributed by atoms with Crippen LogP contribution in [0, 0.1) is 22.0 Å². The molecule has 1 heterocycles. The Morgan fingerprint density at radius 3 is 2.85 bits per heavy atom. The Morgan fingerprint density at radius 1 is 1.77 bits per heavy atom. The van der Waals surface area contributed by atoms with Crippen LogP contribution < -0.4 is 0 Å². The van der Waals surface area contributed by atoms with E-state index in [1.165, 1.54) is 6.92 Å². The summed E-state index contributed by atoms with van der Waals surface area (Å²) < 4.78 is 4.58. The maximum atomic E-state index is 10.9. The van der Waals surface area contributed by atoms with Crippen molar-refractivity contribution in [3.8, 4) is 0 Å². The molecular formula is C7H9NO5. The maximum absolute atomic E-state index is 10.9. The summed E-state index contributed by atoms with van der Waals surface area (Å²) in [4.78, 5) is 31.5. The van der Waals surface area contributed by atoms with Crippen LogP contribution in [0.2, 0.25) is 0 Å². The first-order valence-corrected chi connectivity index (χ1v) is 3.81. The molecular weight excluding hydrogens is 178 g/mol. The Morgan fingerprint density at radius 2 is 2.38 bits per heavy atom. The van der Waals surface area contributed by atoms with Crippen LogP contribution in [0.3, 0.4) is 0 Å². The summed E-state index contributed by atoms with van der Waals surface area (Å²) in [5, 5.41) is 10.2. The minimum absolute atomic E-state index is 0.0237. The largest absolute Gasteiger partial charge is 0.465 e. The van der Waals surface area contributed by atoms with Gasteiger partial charge in [-0.2, -0.15) is 0 Å². The normalized spacial score (nSPS) is 27.0. The quantitative estimate of drug-likeness (QED) is 0.260. The first kappa shape index (κ1) is 9.63. The van der Waals surface area contributed by atoms with Crippen molar-refractivity contribution >= 4 is 11.8 Å².